The normalized spacial score (nSPS) is 13.2. The molecule has 6 nitrogen and oxygen atoms in total. The van der Waals surface area contributed by atoms with E-state index in [4.69, 9.17) is 4.84 Å². The summed E-state index contributed by atoms with van der Waals surface area (Å²) in [5.41, 5.74) is 0.514. The Balaban J connectivity index is 1.85. The van der Waals surface area contributed by atoms with Crippen LogP contribution in [-0.4, -0.2) is 33.6 Å². The number of fused-ring (bicyclic) bond motifs is 1. The lowest BCUT2D eigenvalue weighted by atomic mass is 10.1. The first-order valence-electron chi connectivity index (χ1n) is 6.91. The molecule has 2 aromatic rings. The van der Waals surface area contributed by atoms with E-state index in [-0.39, 0.29) is 16.8 Å². The van der Waals surface area contributed by atoms with Crippen molar-refractivity contribution in [1.29, 1.82) is 0 Å². The molecular formula is C16H12N2O4S. The molecule has 23 heavy (non-hydrogen) atoms. The van der Waals surface area contributed by atoms with Gasteiger partial charge in [-0.3, -0.25) is 9.59 Å². The summed E-state index contributed by atoms with van der Waals surface area (Å²) in [5, 5.41) is 0.488. The minimum atomic E-state index is -0.837. The van der Waals surface area contributed by atoms with Gasteiger partial charge in [0.1, 0.15) is 0 Å². The van der Waals surface area contributed by atoms with Crippen molar-refractivity contribution in [3.05, 3.63) is 59.4 Å². The summed E-state index contributed by atoms with van der Waals surface area (Å²) in [5.74, 6) is -1.39. The van der Waals surface area contributed by atoms with Crippen LogP contribution >= 0.6 is 11.8 Å². The molecule has 3 rings (SSSR count). The first-order valence-corrected chi connectivity index (χ1v) is 7.90. The van der Waals surface area contributed by atoms with E-state index >= 15 is 0 Å². The Hall–Kier alpha value is -2.67. The van der Waals surface area contributed by atoms with Crippen LogP contribution in [0.2, 0.25) is 0 Å². The van der Waals surface area contributed by atoms with Crippen molar-refractivity contribution >= 4 is 29.5 Å². The highest BCUT2D eigenvalue weighted by atomic mass is 32.2. The lowest BCUT2D eigenvalue weighted by Crippen LogP contribution is -2.33. The van der Waals surface area contributed by atoms with E-state index in [9.17, 15) is 14.4 Å². The number of carbonyl (C=O) groups is 3. The number of rotatable bonds is 4. The van der Waals surface area contributed by atoms with Gasteiger partial charge in [0.05, 0.1) is 11.1 Å². The molecule has 0 fully saturated rings. The molecule has 7 heteroatoms. The molecule has 2 heterocycles. The summed E-state index contributed by atoms with van der Waals surface area (Å²) in [4.78, 5) is 46.3. The van der Waals surface area contributed by atoms with Crippen molar-refractivity contribution in [2.45, 2.75) is 11.8 Å². The maximum Gasteiger partial charge on any atom is 0.383 e. The average Bonchev–Trinajstić information content (AvgIpc) is 2.81. The number of hydrogen-bond donors (Lipinski definition) is 0. The predicted octanol–water partition coefficient (Wildman–Crippen LogP) is 2.56. The van der Waals surface area contributed by atoms with Gasteiger partial charge >= 0.3 is 5.97 Å². The molecule has 0 N–H and O–H groups in total. The number of hydrogen-bond acceptors (Lipinski definition) is 6. The van der Waals surface area contributed by atoms with Crippen LogP contribution in [0.1, 0.15) is 38.1 Å². The summed E-state index contributed by atoms with van der Waals surface area (Å²) >= 11 is 1.43. The van der Waals surface area contributed by atoms with Crippen LogP contribution < -0.4 is 0 Å². The van der Waals surface area contributed by atoms with Gasteiger partial charge in [0.2, 0.25) is 0 Å². The van der Waals surface area contributed by atoms with E-state index in [1.807, 2.05) is 6.92 Å². The molecule has 2 amide bonds. The monoisotopic (exact) mass is 328 g/mol. The lowest BCUT2D eigenvalue weighted by molar-refractivity contribution is -0.0591. The van der Waals surface area contributed by atoms with Crippen LogP contribution in [0.4, 0.5) is 0 Å². The maximum atomic E-state index is 12.3. The highest BCUT2D eigenvalue weighted by Gasteiger charge is 2.39. The summed E-state index contributed by atoms with van der Waals surface area (Å²) < 4.78 is 0. The third-order valence-corrected chi connectivity index (χ3v) is 4.12. The minimum absolute atomic E-state index is 0.0795. The average molecular weight is 328 g/mol. The number of imide groups is 1. The Morgan fingerprint density at radius 1 is 1.13 bits per heavy atom. The molecule has 0 aliphatic carbocycles. The SMILES string of the molecule is CCSc1cccnc1C(=O)ON1C(=O)c2ccccc2C1=O. The molecule has 1 aromatic heterocycles. The van der Waals surface area contributed by atoms with Crippen LogP contribution in [-0.2, 0) is 4.84 Å². The highest BCUT2D eigenvalue weighted by molar-refractivity contribution is 7.99. The van der Waals surface area contributed by atoms with Gasteiger partial charge in [-0.15, -0.1) is 11.8 Å². The number of nitrogens with zero attached hydrogens (tertiary/aromatic N) is 2. The number of pyridine rings is 1. The van der Waals surface area contributed by atoms with E-state index in [1.165, 1.54) is 30.1 Å². The Morgan fingerprint density at radius 3 is 2.39 bits per heavy atom. The van der Waals surface area contributed by atoms with Gasteiger partial charge in [-0.1, -0.05) is 24.1 Å². The molecule has 0 unspecified atom stereocenters. The van der Waals surface area contributed by atoms with Gasteiger partial charge in [-0.25, -0.2) is 9.78 Å². The number of benzene rings is 1. The van der Waals surface area contributed by atoms with Crippen molar-refractivity contribution in [2.75, 3.05) is 5.75 Å². The quantitative estimate of drug-likeness (QED) is 0.634. The Bertz CT molecular complexity index is 771. The predicted molar refractivity (Wildman–Crippen MR) is 83.0 cm³/mol. The summed E-state index contributed by atoms with van der Waals surface area (Å²) in [6.07, 6.45) is 1.46. The van der Waals surface area contributed by atoms with Crippen LogP contribution in [0.15, 0.2) is 47.5 Å². The Kier molecular flexibility index (Phi) is 4.12. The number of hydroxylamine groups is 2. The van der Waals surface area contributed by atoms with Crippen LogP contribution in [0.5, 0.6) is 0 Å². The molecule has 1 aromatic carbocycles. The van der Waals surface area contributed by atoms with Crippen LogP contribution in [0.25, 0.3) is 0 Å². The third kappa shape index (κ3) is 2.70. The molecule has 0 bridgehead atoms. The standard InChI is InChI=1S/C16H12N2O4S/c1-2-23-12-8-5-9-17-13(12)16(21)22-18-14(19)10-6-3-4-7-11(10)15(18)20/h3-9H,2H2,1H3. The zero-order chi connectivity index (χ0) is 16.4. The van der Waals surface area contributed by atoms with Gasteiger partial charge in [-0.2, -0.15) is 0 Å². The smallest absolute Gasteiger partial charge is 0.322 e. The van der Waals surface area contributed by atoms with Crippen molar-refractivity contribution < 1.29 is 19.2 Å². The first-order chi connectivity index (χ1) is 11.1. The Labute approximate surface area is 136 Å². The molecule has 1 aliphatic rings. The fraction of sp³-hybridized carbons (Fsp3) is 0.125. The van der Waals surface area contributed by atoms with E-state index in [0.717, 1.165) is 5.75 Å². The van der Waals surface area contributed by atoms with Crippen molar-refractivity contribution in [3.63, 3.8) is 0 Å². The highest BCUT2D eigenvalue weighted by Crippen LogP contribution is 2.25. The largest absolute Gasteiger partial charge is 0.383 e. The summed E-state index contributed by atoms with van der Waals surface area (Å²) in [6, 6.07) is 9.76. The summed E-state index contributed by atoms with van der Waals surface area (Å²) in [6.45, 7) is 1.94. The number of thioether (sulfide) groups is 1. The summed E-state index contributed by atoms with van der Waals surface area (Å²) in [7, 11) is 0. The van der Waals surface area contributed by atoms with Crippen LogP contribution in [0, 0.1) is 0 Å². The molecule has 0 atom stereocenters. The second-order valence-electron chi connectivity index (χ2n) is 4.61. The molecule has 0 spiro atoms. The molecular weight excluding hydrogens is 316 g/mol. The topological polar surface area (TPSA) is 76.6 Å². The molecule has 116 valence electrons. The van der Waals surface area contributed by atoms with Gasteiger partial charge in [0.25, 0.3) is 11.8 Å². The van der Waals surface area contributed by atoms with E-state index < -0.39 is 17.8 Å². The van der Waals surface area contributed by atoms with Gasteiger partial charge < -0.3 is 4.84 Å². The van der Waals surface area contributed by atoms with E-state index in [0.29, 0.717) is 9.96 Å². The van der Waals surface area contributed by atoms with Gasteiger partial charge in [0.15, 0.2) is 5.69 Å². The lowest BCUT2D eigenvalue weighted by Gasteiger charge is -2.13. The molecule has 0 saturated carbocycles. The number of carbonyl (C=O) groups excluding carboxylic acids is 3. The number of aromatic nitrogens is 1. The maximum absolute atomic E-state index is 12.3. The zero-order valence-corrected chi connectivity index (χ0v) is 13.0. The zero-order valence-electron chi connectivity index (χ0n) is 12.2. The van der Waals surface area contributed by atoms with Crippen LogP contribution in [0.3, 0.4) is 0 Å². The molecule has 1 aliphatic heterocycles. The van der Waals surface area contributed by atoms with Gasteiger partial charge in [-0.05, 0) is 30.0 Å². The number of amides is 2. The second kappa shape index (κ2) is 6.21. The van der Waals surface area contributed by atoms with E-state index in [2.05, 4.69) is 4.98 Å². The van der Waals surface area contributed by atoms with Crippen molar-refractivity contribution in [1.82, 2.24) is 10.0 Å². The third-order valence-electron chi connectivity index (χ3n) is 3.19. The van der Waals surface area contributed by atoms with E-state index in [1.54, 1.807) is 24.3 Å². The second-order valence-corrected chi connectivity index (χ2v) is 5.92. The molecule has 0 saturated heterocycles. The Morgan fingerprint density at radius 2 is 1.78 bits per heavy atom. The minimum Gasteiger partial charge on any atom is -0.322 e. The fourth-order valence-electron chi connectivity index (χ4n) is 2.19. The fourth-order valence-corrected chi connectivity index (χ4v) is 2.95. The van der Waals surface area contributed by atoms with Gasteiger partial charge in [0, 0.05) is 11.1 Å². The first kappa shape index (κ1) is 15.2. The molecule has 0 radical (unpaired) electrons. The van der Waals surface area contributed by atoms with Crippen molar-refractivity contribution in [2.24, 2.45) is 0 Å². The van der Waals surface area contributed by atoms with Crippen molar-refractivity contribution in [3.8, 4) is 0 Å².